The highest BCUT2D eigenvalue weighted by Crippen LogP contribution is 2.36. The third-order valence-electron chi connectivity index (χ3n) is 6.51. The van der Waals surface area contributed by atoms with Crippen LogP contribution in [0.25, 0.3) is 10.9 Å². The minimum absolute atomic E-state index is 0.149. The van der Waals surface area contributed by atoms with Crippen LogP contribution in [0.3, 0.4) is 0 Å². The van der Waals surface area contributed by atoms with E-state index in [9.17, 15) is 5.11 Å². The number of rotatable bonds is 9. The number of benzene rings is 2. The molecule has 0 spiro atoms. The number of aryl methyl sites for hydroxylation is 2. The Morgan fingerprint density at radius 2 is 1.77 bits per heavy atom. The molecule has 0 fully saturated rings. The normalized spacial score (nSPS) is 13.5. The predicted molar refractivity (Wildman–Crippen MR) is 131 cm³/mol. The number of fused-ring (bicyclic) bond motifs is 1. The second-order valence-corrected chi connectivity index (χ2v) is 14.8. The van der Waals surface area contributed by atoms with Crippen molar-refractivity contribution in [1.29, 1.82) is 0 Å². The Bertz CT molecular complexity index is 989. The average molecular weight is 440 g/mol. The fraction of sp³-hybridized carbons (Fsp3) is 0.462. The third-order valence-corrected chi connectivity index (χ3v) is 11.0. The lowest BCUT2D eigenvalue weighted by Gasteiger charge is -2.36. The van der Waals surface area contributed by atoms with Crippen molar-refractivity contribution in [2.75, 3.05) is 6.61 Å². The molecule has 0 saturated carbocycles. The molecule has 3 rings (SSSR count). The summed E-state index contributed by atoms with van der Waals surface area (Å²) in [6.07, 6.45) is 1.02. The van der Waals surface area contributed by atoms with Crippen LogP contribution >= 0.6 is 0 Å². The smallest absolute Gasteiger partial charge is 0.192 e. The largest absolute Gasteiger partial charge is 0.489 e. The van der Waals surface area contributed by atoms with E-state index in [1.807, 2.05) is 24.3 Å². The molecule has 1 aromatic heterocycles. The minimum atomic E-state index is -1.84. The fourth-order valence-corrected chi connectivity index (χ4v) is 4.47. The second-order valence-electron chi connectivity index (χ2n) is 9.97. The molecule has 1 atom stereocenters. The number of aliphatic hydroxyl groups excluding tert-OH is 1. The predicted octanol–water partition coefficient (Wildman–Crippen LogP) is 6.37. The fourth-order valence-electron chi connectivity index (χ4n) is 3.43. The van der Waals surface area contributed by atoms with Gasteiger partial charge >= 0.3 is 0 Å². The van der Waals surface area contributed by atoms with Gasteiger partial charge < -0.3 is 19.3 Å². The van der Waals surface area contributed by atoms with Gasteiger partial charge in [-0.2, -0.15) is 0 Å². The lowest BCUT2D eigenvalue weighted by Crippen LogP contribution is -2.42. The number of H-pyrrole nitrogens is 1. The van der Waals surface area contributed by atoms with E-state index in [0.717, 1.165) is 28.9 Å². The molecule has 0 bridgehead atoms. The summed E-state index contributed by atoms with van der Waals surface area (Å²) in [5.74, 6) is 0.860. The van der Waals surface area contributed by atoms with Gasteiger partial charge in [-0.3, -0.25) is 0 Å². The van der Waals surface area contributed by atoms with E-state index in [2.05, 4.69) is 70.0 Å². The first-order chi connectivity index (χ1) is 14.6. The molecule has 0 saturated heterocycles. The molecule has 1 heterocycles. The topological polar surface area (TPSA) is 54.5 Å². The first-order valence-corrected chi connectivity index (χ1v) is 14.1. The van der Waals surface area contributed by atoms with Crippen LogP contribution in [-0.2, 0) is 17.5 Å². The molecule has 3 aromatic rings. The summed E-state index contributed by atoms with van der Waals surface area (Å²) in [5.41, 5.74) is 4.64. The van der Waals surface area contributed by atoms with Crippen LogP contribution in [0.5, 0.6) is 5.75 Å². The van der Waals surface area contributed by atoms with Gasteiger partial charge in [-0.1, -0.05) is 51.1 Å². The average Bonchev–Trinajstić information content (AvgIpc) is 3.03. The summed E-state index contributed by atoms with van der Waals surface area (Å²) in [7, 11) is -1.84. The number of aromatic nitrogens is 1. The van der Waals surface area contributed by atoms with E-state index in [1.165, 1.54) is 10.9 Å². The molecule has 5 heteroatoms. The third kappa shape index (κ3) is 6.00. The summed E-state index contributed by atoms with van der Waals surface area (Å²) in [4.78, 5) is 3.47. The Hall–Kier alpha value is -2.08. The summed E-state index contributed by atoms with van der Waals surface area (Å²) >= 11 is 0. The van der Waals surface area contributed by atoms with Crippen molar-refractivity contribution in [3.05, 3.63) is 65.4 Å². The van der Waals surface area contributed by atoms with E-state index < -0.39 is 14.4 Å². The van der Waals surface area contributed by atoms with Crippen LogP contribution < -0.4 is 4.74 Å². The number of hydrogen-bond donors (Lipinski definition) is 2. The first kappa shape index (κ1) is 23.6. The lowest BCUT2D eigenvalue weighted by molar-refractivity contribution is 0.0932. The van der Waals surface area contributed by atoms with Crippen molar-refractivity contribution < 1.29 is 14.3 Å². The Morgan fingerprint density at radius 3 is 2.45 bits per heavy atom. The first-order valence-electron chi connectivity index (χ1n) is 11.2. The summed E-state index contributed by atoms with van der Waals surface area (Å²) in [6.45, 7) is 14.2. The second kappa shape index (κ2) is 9.59. The van der Waals surface area contributed by atoms with Gasteiger partial charge in [0.15, 0.2) is 8.32 Å². The molecule has 4 nitrogen and oxygen atoms in total. The van der Waals surface area contributed by atoms with Crippen molar-refractivity contribution in [2.24, 2.45) is 0 Å². The van der Waals surface area contributed by atoms with E-state index in [4.69, 9.17) is 9.16 Å². The molecule has 0 radical (unpaired) electrons. The quantitative estimate of drug-likeness (QED) is 0.381. The van der Waals surface area contributed by atoms with Gasteiger partial charge in [-0.15, -0.1) is 0 Å². The Labute approximate surface area is 187 Å². The highest BCUT2D eigenvalue weighted by Gasteiger charge is 2.37. The summed E-state index contributed by atoms with van der Waals surface area (Å²) in [5, 5.41) is 11.9. The van der Waals surface area contributed by atoms with Crippen LogP contribution in [0.2, 0.25) is 18.1 Å². The Balaban J connectivity index is 1.64. The van der Waals surface area contributed by atoms with Crippen molar-refractivity contribution >= 4 is 19.2 Å². The zero-order chi connectivity index (χ0) is 22.6. The van der Waals surface area contributed by atoms with Gasteiger partial charge in [0.05, 0.1) is 12.7 Å². The highest BCUT2D eigenvalue weighted by molar-refractivity contribution is 6.74. The van der Waals surface area contributed by atoms with Crippen molar-refractivity contribution in [2.45, 2.75) is 71.4 Å². The standard InChI is InChI=1S/C26H37NO3Si/c1-19-23(14-12-21(28)18-30-31(5,6)26(2,3)4)24-16-22(13-15-25(24)27-19)29-17-20-10-8-7-9-11-20/h7-11,13,15-16,21,27-28H,12,14,17-18H2,1-6H3/t21-/m0/s1. The highest BCUT2D eigenvalue weighted by atomic mass is 28.4. The molecule has 0 amide bonds. The zero-order valence-corrected chi connectivity index (χ0v) is 20.8. The monoisotopic (exact) mass is 439 g/mol. The van der Waals surface area contributed by atoms with Crippen LogP contribution in [0.15, 0.2) is 48.5 Å². The van der Waals surface area contributed by atoms with Crippen molar-refractivity contribution in [3.8, 4) is 5.75 Å². The molecular formula is C26H37NO3Si. The van der Waals surface area contributed by atoms with Gasteiger partial charge in [0.1, 0.15) is 12.4 Å². The number of nitrogens with one attached hydrogen (secondary N) is 1. The van der Waals surface area contributed by atoms with Crippen molar-refractivity contribution in [3.63, 3.8) is 0 Å². The Kier molecular flexibility index (Phi) is 7.30. The molecule has 2 aromatic carbocycles. The number of aliphatic hydroxyl groups is 1. The molecule has 0 aliphatic rings. The zero-order valence-electron chi connectivity index (χ0n) is 19.8. The maximum absolute atomic E-state index is 10.6. The van der Waals surface area contributed by atoms with Gasteiger partial charge in [-0.25, -0.2) is 0 Å². The number of ether oxygens (including phenoxy) is 1. The van der Waals surface area contributed by atoms with Crippen LogP contribution in [0.4, 0.5) is 0 Å². The molecule has 0 unspecified atom stereocenters. The van der Waals surface area contributed by atoms with Crippen molar-refractivity contribution in [1.82, 2.24) is 4.98 Å². The molecule has 31 heavy (non-hydrogen) atoms. The van der Waals surface area contributed by atoms with Crippen LogP contribution in [0.1, 0.15) is 44.0 Å². The molecule has 0 aliphatic heterocycles. The van der Waals surface area contributed by atoms with Gasteiger partial charge in [0.25, 0.3) is 0 Å². The maximum atomic E-state index is 10.6. The summed E-state index contributed by atoms with van der Waals surface area (Å²) in [6, 6.07) is 16.4. The molecular weight excluding hydrogens is 402 g/mol. The molecule has 168 valence electrons. The molecule has 2 N–H and O–H groups in total. The SMILES string of the molecule is Cc1[nH]c2ccc(OCc3ccccc3)cc2c1CC[C@H](O)CO[Si](C)(C)C(C)(C)C. The lowest BCUT2D eigenvalue weighted by atomic mass is 10.0. The van der Waals surface area contributed by atoms with E-state index >= 15 is 0 Å². The van der Waals surface area contributed by atoms with Gasteiger partial charge in [0, 0.05) is 16.6 Å². The number of aromatic amines is 1. The van der Waals surface area contributed by atoms with Crippen LogP contribution in [0, 0.1) is 6.92 Å². The van der Waals surface area contributed by atoms with Crippen LogP contribution in [-0.4, -0.2) is 31.1 Å². The van der Waals surface area contributed by atoms with E-state index in [1.54, 1.807) is 0 Å². The minimum Gasteiger partial charge on any atom is -0.489 e. The van der Waals surface area contributed by atoms with E-state index in [0.29, 0.717) is 19.6 Å². The maximum Gasteiger partial charge on any atom is 0.192 e. The number of hydrogen-bond acceptors (Lipinski definition) is 3. The van der Waals surface area contributed by atoms with Gasteiger partial charge in [-0.05, 0) is 67.2 Å². The molecule has 0 aliphatic carbocycles. The van der Waals surface area contributed by atoms with E-state index in [-0.39, 0.29) is 5.04 Å². The Morgan fingerprint density at radius 1 is 1.06 bits per heavy atom. The summed E-state index contributed by atoms with van der Waals surface area (Å²) < 4.78 is 12.2. The van der Waals surface area contributed by atoms with Gasteiger partial charge in [0.2, 0.25) is 0 Å².